The monoisotopic (exact) mass is 168 g/mol. The molecule has 4 nitrogen and oxygen atoms in total. The second-order valence-corrected chi connectivity index (χ2v) is 3.04. The van der Waals surface area contributed by atoms with E-state index in [1.165, 1.54) is 0 Å². The molecule has 0 unspecified atom stereocenters. The van der Waals surface area contributed by atoms with E-state index in [1.807, 2.05) is 6.07 Å². The van der Waals surface area contributed by atoms with Crippen molar-refractivity contribution in [3.63, 3.8) is 0 Å². The molecule has 1 aromatic heterocycles. The molecule has 1 saturated heterocycles. The van der Waals surface area contributed by atoms with Crippen LogP contribution >= 0.6 is 0 Å². The quantitative estimate of drug-likeness (QED) is 0.659. The van der Waals surface area contributed by atoms with Crippen LogP contribution in [-0.2, 0) is 11.3 Å². The molecule has 1 aliphatic heterocycles. The smallest absolute Gasteiger partial charge is 0.124 e. The molecule has 0 saturated carbocycles. The number of ether oxygens (including phenoxy) is 1. The third kappa shape index (κ3) is 1.49. The molecule has 0 spiro atoms. The first-order valence-electron chi connectivity index (χ1n) is 4.03. The van der Waals surface area contributed by atoms with Gasteiger partial charge in [-0.25, -0.2) is 0 Å². The fourth-order valence-corrected chi connectivity index (χ4v) is 1.35. The summed E-state index contributed by atoms with van der Waals surface area (Å²) in [5, 5.41) is 3.83. The van der Waals surface area contributed by atoms with Gasteiger partial charge in [-0.2, -0.15) is 0 Å². The predicted molar refractivity (Wildman–Crippen MR) is 42.6 cm³/mol. The van der Waals surface area contributed by atoms with Crippen LogP contribution in [0, 0.1) is 0 Å². The van der Waals surface area contributed by atoms with Crippen LogP contribution in [0.2, 0.25) is 0 Å². The molecule has 2 rings (SSSR count). The van der Waals surface area contributed by atoms with Crippen molar-refractivity contribution in [1.29, 1.82) is 0 Å². The molecule has 1 aromatic rings. The van der Waals surface area contributed by atoms with Crippen molar-refractivity contribution in [1.82, 2.24) is 10.1 Å². The van der Waals surface area contributed by atoms with Crippen molar-refractivity contribution in [2.24, 2.45) is 0 Å². The Hall–Kier alpha value is -0.870. The summed E-state index contributed by atoms with van der Waals surface area (Å²) in [7, 11) is 1.75. The molecule has 0 N–H and O–H groups in total. The lowest BCUT2D eigenvalue weighted by molar-refractivity contribution is -0.0342. The molecule has 1 fully saturated rings. The zero-order chi connectivity index (χ0) is 8.39. The lowest BCUT2D eigenvalue weighted by atomic mass is 10.1. The van der Waals surface area contributed by atoms with E-state index in [2.05, 4.69) is 10.1 Å². The molecule has 0 radical (unpaired) electrons. The largest absolute Gasteiger partial charge is 0.379 e. The SMILES string of the molecule is COC1CN(Cc2ccon2)C1. The molecule has 4 heteroatoms. The van der Waals surface area contributed by atoms with Gasteiger partial charge in [0.2, 0.25) is 0 Å². The molecule has 1 aliphatic rings. The second kappa shape index (κ2) is 3.25. The van der Waals surface area contributed by atoms with E-state index in [0.717, 1.165) is 25.3 Å². The van der Waals surface area contributed by atoms with E-state index in [4.69, 9.17) is 9.26 Å². The Morgan fingerprint density at radius 3 is 3.17 bits per heavy atom. The zero-order valence-corrected chi connectivity index (χ0v) is 7.06. The summed E-state index contributed by atoms with van der Waals surface area (Å²) in [6, 6.07) is 1.89. The zero-order valence-electron chi connectivity index (χ0n) is 7.06. The van der Waals surface area contributed by atoms with Crippen molar-refractivity contribution in [3.8, 4) is 0 Å². The van der Waals surface area contributed by atoms with Gasteiger partial charge < -0.3 is 9.26 Å². The van der Waals surface area contributed by atoms with Gasteiger partial charge in [0.1, 0.15) is 6.26 Å². The van der Waals surface area contributed by atoms with Gasteiger partial charge in [0.15, 0.2) is 0 Å². The van der Waals surface area contributed by atoms with Gasteiger partial charge in [-0.05, 0) is 0 Å². The Morgan fingerprint density at radius 1 is 1.75 bits per heavy atom. The highest BCUT2D eigenvalue weighted by Crippen LogP contribution is 2.13. The Balaban J connectivity index is 1.77. The number of nitrogens with zero attached hydrogens (tertiary/aromatic N) is 2. The van der Waals surface area contributed by atoms with Gasteiger partial charge in [-0.1, -0.05) is 5.16 Å². The van der Waals surface area contributed by atoms with Crippen LogP contribution in [0.15, 0.2) is 16.9 Å². The summed E-state index contributed by atoms with van der Waals surface area (Å²) in [6.45, 7) is 2.88. The maximum atomic E-state index is 5.15. The predicted octanol–water partition coefficient (Wildman–Crippen LogP) is 0.505. The average Bonchev–Trinajstić information content (AvgIpc) is 2.47. The summed E-state index contributed by atoms with van der Waals surface area (Å²) >= 11 is 0. The van der Waals surface area contributed by atoms with Crippen LogP contribution in [0.25, 0.3) is 0 Å². The third-order valence-corrected chi connectivity index (χ3v) is 2.13. The highest BCUT2D eigenvalue weighted by molar-refractivity contribution is 4.97. The van der Waals surface area contributed by atoms with Crippen molar-refractivity contribution < 1.29 is 9.26 Å². The first-order valence-corrected chi connectivity index (χ1v) is 4.03. The minimum atomic E-state index is 0.414. The highest BCUT2D eigenvalue weighted by Gasteiger charge is 2.26. The maximum absolute atomic E-state index is 5.15. The molecule has 2 heterocycles. The van der Waals surface area contributed by atoms with Crippen molar-refractivity contribution >= 4 is 0 Å². The summed E-state index contributed by atoms with van der Waals surface area (Å²) in [4.78, 5) is 2.27. The van der Waals surface area contributed by atoms with Crippen LogP contribution in [0.4, 0.5) is 0 Å². The van der Waals surface area contributed by atoms with E-state index >= 15 is 0 Å². The van der Waals surface area contributed by atoms with Crippen LogP contribution in [0.3, 0.4) is 0 Å². The lowest BCUT2D eigenvalue weighted by Gasteiger charge is -2.37. The van der Waals surface area contributed by atoms with Crippen LogP contribution in [0.5, 0.6) is 0 Å². The summed E-state index contributed by atoms with van der Waals surface area (Å²) in [5.41, 5.74) is 0.990. The Bertz CT molecular complexity index is 229. The molecule has 0 bridgehead atoms. The van der Waals surface area contributed by atoms with Crippen molar-refractivity contribution in [2.45, 2.75) is 12.6 Å². The molecular formula is C8H12N2O2. The molecule has 0 aliphatic carbocycles. The van der Waals surface area contributed by atoms with Gasteiger partial charge in [-0.15, -0.1) is 0 Å². The fourth-order valence-electron chi connectivity index (χ4n) is 1.35. The number of aromatic nitrogens is 1. The molecule has 66 valence electrons. The number of rotatable bonds is 3. The van der Waals surface area contributed by atoms with Crippen molar-refractivity contribution in [3.05, 3.63) is 18.0 Å². The van der Waals surface area contributed by atoms with Crippen molar-refractivity contribution in [2.75, 3.05) is 20.2 Å². The van der Waals surface area contributed by atoms with Gasteiger partial charge in [-0.3, -0.25) is 4.90 Å². The lowest BCUT2D eigenvalue weighted by Crippen LogP contribution is -2.50. The molecule has 0 aromatic carbocycles. The molecule has 12 heavy (non-hydrogen) atoms. The van der Waals surface area contributed by atoms with Crippen LogP contribution < -0.4 is 0 Å². The van der Waals surface area contributed by atoms with Gasteiger partial charge in [0, 0.05) is 32.8 Å². The average molecular weight is 168 g/mol. The third-order valence-electron chi connectivity index (χ3n) is 2.13. The number of hydrogen-bond acceptors (Lipinski definition) is 4. The number of methoxy groups -OCH3 is 1. The highest BCUT2D eigenvalue weighted by atomic mass is 16.5. The summed E-state index contributed by atoms with van der Waals surface area (Å²) in [5.74, 6) is 0. The molecule has 0 atom stereocenters. The summed E-state index contributed by atoms with van der Waals surface area (Å²) in [6.07, 6.45) is 2.01. The Labute approximate surface area is 71.1 Å². The van der Waals surface area contributed by atoms with Crippen LogP contribution in [0.1, 0.15) is 5.69 Å². The standard InChI is InChI=1S/C8H12N2O2/c1-11-8-5-10(6-8)4-7-2-3-12-9-7/h2-3,8H,4-6H2,1H3. The second-order valence-electron chi connectivity index (χ2n) is 3.04. The minimum absolute atomic E-state index is 0.414. The number of likely N-dealkylation sites (tertiary alicyclic amines) is 1. The minimum Gasteiger partial charge on any atom is -0.379 e. The van der Waals surface area contributed by atoms with Crippen LogP contribution in [-0.4, -0.2) is 36.4 Å². The molecule has 0 amide bonds. The topological polar surface area (TPSA) is 38.5 Å². The van der Waals surface area contributed by atoms with E-state index in [9.17, 15) is 0 Å². The Morgan fingerprint density at radius 2 is 2.58 bits per heavy atom. The fraction of sp³-hybridized carbons (Fsp3) is 0.625. The first-order chi connectivity index (χ1) is 5.88. The molecular weight excluding hydrogens is 156 g/mol. The van der Waals surface area contributed by atoms with E-state index in [0.29, 0.717) is 6.10 Å². The van der Waals surface area contributed by atoms with Gasteiger partial charge in [0.05, 0.1) is 11.8 Å². The summed E-state index contributed by atoms with van der Waals surface area (Å²) < 4.78 is 9.88. The van der Waals surface area contributed by atoms with E-state index in [-0.39, 0.29) is 0 Å². The maximum Gasteiger partial charge on any atom is 0.124 e. The van der Waals surface area contributed by atoms with E-state index < -0.39 is 0 Å². The normalized spacial score (nSPS) is 19.4. The van der Waals surface area contributed by atoms with Gasteiger partial charge >= 0.3 is 0 Å². The first kappa shape index (κ1) is 7.76. The van der Waals surface area contributed by atoms with Gasteiger partial charge in [0.25, 0.3) is 0 Å². The van der Waals surface area contributed by atoms with E-state index in [1.54, 1.807) is 13.4 Å². The Kier molecular flexibility index (Phi) is 2.10. The number of hydrogen-bond donors (Lipinski definition) is 0.